The number of unbranched alkanes of at least 4 members (excludes halogenated alkanes) is 1. The molecule has 0 aliphatic heterocycles. The Balaban J connectivity index is 1.65. The Kier molecular flexibility index (Phi) is 6.73. The van der Waals surface area contributed by atoms with Gasteiger partial charge in [-0.3, -0.25) is 9.59 Å². The third kappa shape index (κ3) is 5.06. The summed E-state index contributed by atoms with van der Waals surface area (Å²) in [7, 11) is 0. The molecule has 0 bridgehead atoms. The van der Waals surface area contributed by atoms with E-state index in [4.69, 9.17) is 5.11 Å². The highest BCUT2D eigenvalue weighted by Gasteiger charge is 2.13. The van der Waals surface area contributed by atoms with Gasteiger partial charge < -0.3 is 9.67 Å². The number of pyridine rings is 1. The molecule has 2 aromatic heterocycles. The smallest absolute Gasteiger partial charge is 0.308 e. The van der Waals surface area contributed by atoms with E-state index in [1.807, 2.05) is 54.6 Å². The topological polar surface area (TPSA) is 114 Å². The van der Waals surface area contributed by atoms with Crippen molar-refractivity contribution in [2.45, 2.75) is 39.2 Å². The molecule has 0 aliphatic carbocycles. The van der Waals surface area contributed by atoms with Crippen molar-refractivity contribution in [1.82, 2.24) is 25.2 Å². The van der Waals surface area contributed by atoms with Gasteiger partial charge in [0.25, 0.3) is 5.56 Å². The van der Waals surface area contributed by atoms with Crippen molar-refractivity contribution >= 4 is 5.97 Å². The van der Waals surface area contributed by atoms with Gasteiger partial charge in [0.15, 0.2) is 5.82 Å². The van der Waals surface area contributed by atoms with E-state index >= 15 is 0 Å². The summed E-state index contributed by atoms with van der Waals surface area (Å²) in [6.07, 6.45) is 2.47. The Hall–Kier alpha value is -4.07. The molecule has 8 heteroatoms. The number of aryl methyl sites for hydroxylation is 1. The summed E-state index contributed by atoms with van der Waals surface area (Å²) >= 11 is 0. The average Bonchev–Trinajstić information content (AvgIpc) is 3.36. The minimum Gasteiger partial charge on any atom is -0.481 e. The van der Waals surface area contributed by atoms with Crippen molar-refractivity contribution in [3.05, 3.63) is 87.8 Å². The van der Waals surface area contributed by atoms with Gasteiger partial charge in [0.05, 0.1) is 13.0 Å². The van der Waals surface area contributed by atoms with Crippen molar-refractivity contribution in [3.8, 4) is 22.5 Å². The largest absolute Gasteiger partial charge is 0.481 e. The number of aromatic amines is 1. The first-order chi connectivity index (χ1) is 16.1. The van der Waals surface area contributed by atoms with Crippen LogP contribution in [0.3, 0.4) is 0 Å². The standard InChI is InChI=1S/C25H25N5O3/c1-2-3-6-20-14-13-19(15-23(31)32)25(33)30(20)16-17-9-11-18(12-10-17)21-7-4-5-8-22(21)24-26-28-29-27-24/h4-5,7-14H,2-3,6,15-16H2,1H3,(H,31,32)(H,26,27,28,29). The van der Waals surface area contributed by atoms with Crippen LogP contribution in [-0.2, 0) is 24.2 Å². The predicted molar refractivity (Wildman–Crippen MR) is 125 cm³/mol. The number of carbonyl (C=O) groups is 1. The summed E-state index contributed by atoms with van der Waals surface area (Å²) in [6.45, 7) is 2.49. The van der Waals surface area contributed by atoms with Crippen molar-refractivity contribution < 1.29 is 9.90 Å². The number of tetrazole rings is 1. The molecule has 2 N–H and O–H groups in total. The number of nitrogens with zero attached hydrogens (tertiary/aromatic N) is 4. The second-order valence-electron chi connectivity index (χ2n) is 7.91. The van der Waals surface area contributed by atoms with Gasteiger partial charge in [0, 0.05) is 16.8 Å². The van der Waals surface area contributed by atoms with Crippen LogP contribution in [-0.4, -0.2) is 36.3 Å². The molecule has 0 unspecified atom stereocenters. The van der Waals surface area contributed by atoms with Gasteiger partial charge in [-0.1, -0.05) is 67.9 Å². The quantitative estimate of drug-likeness (QED) is 0.408. The summed E-state index contributed by atoms with van der Waals surface area (Å²) in [6, 6.07) is 19.4. The molecule has 0 spiro atoms. The number of H-pyrrole nitrogens is 1. The Morgan fingerprint density at radius 1 is 1.03 bits per heavy atom. The maximum Gasteiger partial charge on any atom is 0.308 e. The zero-order valence-corrected chi connectivity index (χ0v) is 18.4. The lowest BCUT2D eigenvalue weighted by molar-refractivity contribution is -0.136. The Morgan fingerprint density at radius 2 is 1.79 bits per heavy atom. The molecule has 0 aliphatic rings. The van der Waals surface area contributed by atoms with Crippen LogP contribution >= 0.6 is 0 Å². The average molecular weight is 444 g/mol. The molecule has 0 saturated carbocycles. The normalized spacial score (nSPS) is 10.9. The zero-order chi connectivity index (χ0) is 23.2. The molecule has 2 heterocycles. The molecule has 0 radical (unpaired) electrons. The number of hydrogen-bond donors (Lipinski definition) is 2. The second kappa shape index (κ2) is 10.0. The second-order valence-corrected chi connectivity index (χ2v) is 7.91. The van der Waals surface area contributed by atoms with E-state index in [9.17, 15) is 9.59 Å². The van der Waals surface area contributed by atoms with Crippen molar-refractivity contribution in [2.75, 3.05) is 0 Å². The van der Waals surface area contributed by atoms with Crippen LogP contribution in [0.15, 0.2) is 65.5 Å². The SMILES string of the molecule is CCCCc1ccc(CC(=O)O)c(=O)n1Cc1ccc(-c2ccccc2-c2nnn[nH]2)cc1. The first-order valence-corrected chi connectivity index (χ1v) is 10.9. The van der Waals surface area contributed by atoms with E-state index in [1.165, 1.54) is 0 Å². The van der Waals surface area contributed by atoms with Crippen LogP contribution in [0.1, 0.15) is 36.6 Å². The van der Waals surface area contributed by atoms with Gasteiger partial charge in [0.2, 0.25) is 0 Å². The Bertz CT molecular complexity index is 1290. The van der Waals surface area contributed by atoms with Gasteiger partial charge in [-0.25, -0.2) is 5.10 Å². The molecule has 8 nitrogen and oxygen atoms in total. The van der Waals surface area contributed by atoms with Crippen molar-refractivity contribution in [1.29, 1.82) is 0 Å². The van der Waals surface area contributed by atoms with E-state index in [0.717, 1.165) is 47.2 Å². The van der Waals surface area contributed by atoms with Crippen LogP contribution in [0.2, 0.25) is 0 Å². The highest BCUT2D eigenvalue weighted by atomic mass is 16.4. The number of carboxylic acids is 1. The molecule has 0 amide bonds. The summed E-state index contributed by atoms with van der Waals surface area (Å²) in [5.41, 5.74) is 4.84. The van der Waals surface area contributed by atoms with Gasteiger partial charge in [-0.05, 0) is 46.0 Å². The summed E-state index contributed by atoms with van der Waals surface area (Å²) in [5.74, 6) is -0.415. The number of aromatic nitrogens is 5. The van der Waals surface area contributed by atoms with Gasteiger partial charge in [0.1, 0.15) is 0 Å². The minimum absolute atomic E-state index is 0.238. The first-order valence-electron chi connectivity index (χ1n) is 10.9. The van der Waals surface area contributed by atoms with E-state index in [2.05, 4.69) is 27.5 Å². The van der Waals surface area contributed by atoms with E-state index < -0.39 is 5.97 Å². The molecule has 4 aromatic rings. The molecule has 0 saturated heterocycles. The Morgan fingerprint density at radius 3 is 2.45 bits per heavy atom. The van der Waals surface area contributed by atoms with Crippen LogP contribution < -0.4 is 5.56 Å². The third-order valence-corrected chi connectivity index (χ3v) is 5.60. The summed E-state index contributed by atoms with van der Waals surface area (Å²) in [4.78, 5) is 24.2. The van der Waals surface area contributed by atoms with E-state index in [0.29, 0.717) is 17.9 Å². The molecule has 4 rings (SSSR count). The third-order valence-electron chi connectivity index (χ3n) is 5.60. The number of aliphatic carboxylic acids is 1. The van der Waals surface area contributed by atoms with E-state index in [-0.39, 0.29) is 12.0 Å². The summed E-state index contributed by atoms with van der Waals surface area (Å²) < 4.78 is 1.71. The van der Waals surface area contributed by atoms with Crippen LogP contribution in [0.4, 0.5) is 0 Å². The minimum atomic E-state index is -1.01. The maximum atomic E-state index is 13.0. The highest BCUT2D eigenvalue weighted by molar-refractivity contribution is 5.80. The monoisotopic (exact) mass is 443 g/mol. The van der Waals surface area contributed by atoms with Crippen molar-refractivity contribution in [3.63, 3.8) is 0 Å². The molecular formula is C25H25N5O3. The van der Waals surface area contributed by atoms with Crippen LogP contribution in [0.25, 0.3) is 22.5 Å². The predicted octanol–water partition coefficient (Wildman–Crippen LogP) is 3.71. The lowest BCUT2D eigenvalue weighted by Crippen LogP contribution is -2.28. The molecule has 168 valence electrons. The van der Waals surface area contributed by atoms with Gasteiger partial charge >= 0.3 is 5.97 Å². The zero-order valence-electron chi connectivity index (χ0n) is 18.4. The number of carboxylic acid groups (broad SMARTS) is 1. The number of nitrogens with one attached hydrogen (secondary N) is 1. The number of rotatable bonds is 9. The van der Waals surface area contributed by atoms with Crippen molar-refractivity contribution in [2.24, 2.45) is 0 Å². The lowest BCUT2D eigenvalue weighted by atomic mass is 9.98. The fraction of sp³-hybridized carbons (Fsp3) is 0.240. The molecule has 2 aromatic carbocycles. The van der Waals surface area contributed by atoms with Gasteiger partial charge in [-0.15, -0.1) is 5.10 Å². The lowest BCUT2D eigenvalue weighted by Gasteiger charge is -2.15. The number of hydrogen-bond acceptors (Lipinski definition) is 5. The fourth-order valence-corrected chi connectivity index (χ4v) is 3.90. The van der Waals surface area contributed by atoms with E-state index in [1.54, 1.807) is 10.6 Å². The van der Waals surface area contributed by atoms with Gasteiger partial charge in [-0.2, -0.15) is 0 Å². The molecule has 33 heavy (non-hydrogen) atoms. The van der Waals surface area contributed by atoms with Crippen LogP contribution in [0.5, 0.6) is 0 Å². The maximum absolute atomic E-state index is 13.0. The highest BCUT2D eigenvalue weighted by Crippen LogP contribution is 2.29. The van der Waals surface area contributed by atoms with Crippen LogP contribution in [0, 0.1) is 0 Å². The fourth-order valence-electron chi connectivity index (χ4n) is 3.90. The summed E-state index contributed by atoms with van der Waals surface area (Å²) in [5, 5.41) is 23.3. The first kappa shape index (κ1) is 22.1. The number of benzene rings is 2. The Labute approximate surface area is 190 Å². The molecular weight excluding hydrogens is 418 g/mol. The molecule has 0 atom stereocenters. The molecule has 0 fully saturated rings.